The van der Waals surface area contributed by atoms with Gasteiger partial charge in [0.1, 0.15) is 5.75 Å². The lowest BCUT2D eigenvalue weighted by Gasteiger charge is -2.18. The average molecular weight is 261 g/mol. The van der Waals surface area contributed by atoms with Crippen LogP contribution in [0.1, 0.15) is 18.6 Å². The molecule has 0 aliphatic rings. The molecule has 0 spiro atoms. The summed E-state index contributed by atoms with van der Waals surface area (Å²) >= 11 is 0. The van der Waals surface area contributed by atoms with Gasteiger partial charge in [0.25, 0.3) is 0 Å². The molecule has 2 atom stereocenters. The SMILES string of the molecule is CN[C@H](C)[C@@H](O)c1ccc(OS(=O)(=O)O)cc1. The smallest absolute Gasteiger partial charge is 0.387 e. The van der Waals surface area contributed by atoms with Crippen molar-refractivity contribution in [3.8, 4) is 5.75 Å². The van der Waals surface area contributed by atoms with E-state index in [1.165, 1.54) is 24.3 Å². The fourth-order valence-corrected chi connectivity index (χ4v) is 1.64. The van der Waals surface area contributed by atoms with Crippen LogP contribution in [0.4, 0.5) is 0 Å². The maximum Gasteiger partial charge on any atom is 0.446 e. The van der Waals surface area contributed by atoms with Crippen molar-refractivity contribution in [2.45, 2.75) is 19.1 Å². The molecule has 0 unspecified atom stereocenters. The van der Waals surface area contributed by atoms with Gasteiger partial charge in [0.05, 0.1) is 6.10 Å². The number of nitrogens with one attached hydrogen (secondary N) is 1. The van der Waals surface area contributed by atoms with Crippen molar-refractivity contribution in [2.24, 2.45) is 0 Å². The molecule has 0 radical (unpaired) electrons. The van der Waals surface area contributed by atoms with E-state index in [4.69, 9.17) is 4.55 Å². The third-order valence-electron chi connectivity index (χ3n) is 2.35. The summed E-state index contributed by atoms with van der Waals surface area (Å²) in [6, 6.07) is 5.63. The Kier molecular flexibility index (Phi) is 4.47. The Labute approximate surface area is 100 Å². The molecule has 0 amide bonds. The van der Waals surface area contributed by atoms with Gasteiger partial charge in [-0.15, -0.1) is 0 Å². The van der Waals surface area contributed by atoms with Crippen LogP contribution in [-0.4, -0.2) is 31.2 Å². The lowest BCUT2D eigenvalue weighted by molar-refractivity contribution is 0.140. The molecular formula is C10H15NO5S. The van der Waals surface area contributed by atoms with Gasteiger partial charge in [-0.1, -0.05) is 12.1 Å². The fourth-order valence-electron chi connectivity index (χ4n) is 1.29. The summed E-state index contributed by atoms with van der Waals surface area (Å²) in [6.45, 7) is 1.81. The first-order valence-corrected chi connectivity index (χ1v) is 6.32. The van der Waals surface area contributed by atoms with Crippen LogP contribution in [0.2, 0.25) is 0 Å². The zero-order valence-electron chi connectivity index (χ0n) is 9.49. The zero-order valence-corrected chi connectivity index (χ0v) is 10.3. The van der Waals surface area contributed by atoms with Gasteiger partial charge >= 0.3 is 10.4 Å². The molecule has 0 bridgehead atoms. The van der Waals surface area contributed by atoms with Crippen molar-refractivity contribution in [1.82, 2.24) is 5.32 Å². The number of aliphatic hydroxyl groups is 1. The van der Waals surface area contributed by atoms with E-state index in [9.17, 15) is 13.5 Å². The van der Waals surface area contributed by atoms with Gasteiger partial charge in [-0.25, -0.2) is 0 Å². The molecule has 96 valence electrons. The molecular weight excluding hydrogens is 246 g/mol. The first-order valence-electron chi connectivity index (χ1n) is 4.95. The van der Waals surface area contributed by atoms with Crippen molar-refractivity contribution in [3.63, 3.8) is 0 Å². The van der Waals surface area contributed by atoms with Gasteiger partial charge in [-0.3, -0.25) is 4.55 Å². The number of rotatable bonds is 5. The van der Waals surface area contributed by atoms with Crippen molar-refractivity contribution in [1.29, 1.82) is 0 Å². The van der Waals surface area contributed by atoms with Gasteiger partial charge in [-0.2, -0.15) is 8.42 Å². The zero-order chi connectivity index (χ0) is 13.1. The minimum atomic E-state index is -4.51. The second-order valence-electron chi connectivity index (χ2n) is 3.60. The van der Waals surface area contributed by atoms with Crippen molar-refractivity contribution < 1.29 is 22.3 Å². The lowest BCUT2D eigenvalue weighted by atomic mass is 10.0. The summed E-state index contributed by atoms with van der Waals surface area (Å²) in [7, 11) is -2.78. The molecule has 0 aliphatic carbocycles. The van der Waals surface area contributed by atoms with E-state index in [0.29, 0.717) is 5.56 Å². The molecule has 17 heavy (non-hydrogen) atoms. The molecule has 1 aromatic carbocycles. The Bertz CT molecular complexity index is 456. The third-order valence-corrected chi connectivity index (χ3v) is 2.76. The Morgan fingerprint density at radius 1 is 1.29 bits per heavy atom. The van der Waals surface area contributed by atoms with E-state index in [2.05, 4.69) is 9.50 Å². The van der Waals surface area contributed by atoms with Gasteiger partial charge < -0.3 is 14.6 Å². The first kappa shape index (κ1) is 13.9. The van der Waals surface area contributed by atoms with Crippen LogP contribution in [0.5, 0.6) is 5.75 Å². The molecule has 0 aliphatic heterocycles. The normalized spacial score (nSPS) is 15.3. The summed E-state index contributed by atoms with van der Waals surface area (Å²) < 4.78 is 33.6. The van der Waals surface area contributed by atoms with Crippen molar-refractivity contribution in [3.05, 3.63) is 29.8 Å². The molecule has 0 saturated carbocycles. The van der Waals surface area contributed by atoms with Crippen LogP contribution in [-0.2, 0) is 10.4 Å². The van der Waals surface area contributed by atoms with Crippen LogP contribution < -0.4 is 9.50 Å². The maximum absolute atomic E-state index is 10.4. The number of aliphatic hydroxyl groups excluding tert-OH is 1. The standard InChI is InChI=1S/C10H15NO5S/c1-7(11-2)10(12)8-3-5-9(6-4-8)16-17(13,14)15/h3-7,10-12H,1-2H3,(H,13,14,15)/t7-,10-/m1/s1. The Hall–Kier alpha value is -1.15. The second kappa shape index (κ2) is 5.46. The van der Waals surface area contributed by atoms with E-state index in [1.54, 1.807) is 7.05 Å². The van der Waals surface area contributed by atoms with Gasteiger partial charge in [0, 0.05) is 6.04 Å². The topological polar surface area (TPSA) is 95.9 Å². The summed E-state index contributed by atoms with van der Waals surface area (Å²) in [5, 5.41) is 12.7. The fraction of sp³-hybridized carbons (Fsp3) is 0.400. The summed E-state index contributed by atoms with van der Waals surface area (Å²) in [5.74, 6) is -0.0134. The van der Waals surface area contributed by atoms with Crippen molar-refractivity contribution in [2.75, 3.05) is 7.05 Å². The van der Waals surface area contributed by atoms with Crippen LogP contribution in [0, 0.1) is 0 Å². The van der Waals surface area contributed by atoms with Crippen LogP contribution in [0.15, 0.2) is 24.3 Å². The molecule has 6 nitrogen and oxygen atoms in total. The highest BCUT2D eigenvalue weighted by Gasteiger charge is 2.15. The molecule has 1 rings (SSSR count). The quantitative estimate of drug-likeness (QED) is 0.668. The second-order valence-corrected chi connectivity index (χ2v) is 4.62. The lowest BCUT2D eigenvalue weighted by Crippen LogP contribution is -2.28. The van der Waals surface area contributed by atoms with Crippen molar-refractivity contribution >= 4 is 10.4 Å². The highest BCUT2D eigenvalue weighted by atomic mass is 32.3. The molecule has 0 heterocycles. The molecule has 7 heteroatoms. The Morgan fingerprint density at radius 2 is 1.82 bits per heavy atom. The van der Waals surface area contributed by atoms with Gasteiger partial charge in [0.15, 0.2) is 0 Å². The monoisotopic (exact) mass is 261 g/mol. The minimum absolute atomic E-state index is 0.0134. The largest absolute Gasteiger partial charge is 0.446 e. The predicted octanol–water partition coefficient (Wildman–Crippen LogP) is 0.509. The summed E-state index contributed by atoms with van der Waals surface area (Å²) in [6.07, 6.45) is -0.709. The Morgan fingerprint density at radius 3 is 2.24 bits per heavy atom. The van der Waals surface area contributed by atoms with Crippen LogP contribution in [0.3, 0.4) is 0 Å². The molecule has 0 aromatic heterocycles. The Balaban J connectivity index is 2.81. The molecule has 1 aromatic rings. The van der Waals surface area contributed by atoms with Crippen LogP contribution >= 0.6 is 0 Å². The average Bonchev–Trinajstić information content (AvgIpc) is 2.26. The third kappa shape index (κ3) is 4.31. The highest BCUT2D eigenvalue weighted by molar-refractivity contribution is 7.81. The maximum atomic E-state index is 10.4. The van der Waals surface area contributed by atoms with Gasteiger partial charge in [0.2, 0.25) is 0 Å². The molecule has 0 fully saturated rings. The van der Waals surface area contributed by atoms with E-state index in [0.717, 1.165) is 0 Å². The predicted molar refractivity (Wildman–Crippen MR) is 62.1 cm³/mol. The summed E-state index contributed by atoms with van der Waals surface area (Å²) in [5.41, 5.74) is 0.620. The number of benzene rings is 1. The van der Waals surface area contributed by atoms with E-state index >= 15 is 0 Å². The van der Waals surface area contributed by atoms with Crippen LogP contribution in [0.25, 0.3) is 0 Å². The number of likely N-dealkylation sites (N-methyl/N-ethyl adjacent to an activating group) is 1. The molecule has 0 saturated heterocycles. The van der Waals surface area contributed by atoms with E-state index in [1.807, 2.05) is 6.92 Å². The highest BCUT2D eigenvalue weighted by Crippen LogP contribution is 2.20. The van der Waals surface area contributed by atoms with E-state index < -0.39 is 16.5 Å². The van der Waals surface area contributed by atoms with E-state index in [-0.39, 0.29) is 11.8 Å². The minimum Gasteiger partial charge on any atom is -0.387 e. The summed E-state index contributed by atoms with van der Waals surface area (Å²) in [4.78, 5) is 0. The first-order chi connectivity index (χ1) is 7.83. The number of hydrogen-bond donors (Lipinski definition) is 3. The number of hydrogen-bond acceptors (Lipinski definition) is 5. The van der Waals surface area contributed by atoms with Gasteiger partial charge in [-0.05, 0) is 31.7 Å². The molecule has 3 N–H and O–H groups in total.